The Morgan fingerprint density at radius 2 is 2.31 bits per heavy atom. The zero-order chi connectivity index (χ0) is 12.0. The van der Waals surface area contributed by atoms with E-state index >= 15 is 0 Å². The molecular formula is C12H19ClO3. The van der Waals surface area contributed by atoms with Gasteiger partial charge in [0, 0.05) is 11.5 Å². The quantitative estimate of drug-likeness (QED) is 0.705. The lowest BCUT2D eigenvalue weighted by molar-refractivity contribution is -0.0234. The topological polar surface area (TPSA) is 49.7 Å². The Morgan fingerprint density at radius 3 is 2.88 bits per heavy atom. The summed E-state index contributed by atoms with van der Waals surface area (Å²) >= 11 is 5.99. The van der Waals surface area contributed by atoms with E-state index in [1.54, 1.807) is 6.08 Å². The van der Waals surface area contributed by atoms with Crippen molar-refractivity contribution in [3.05, 3.63) is 23.8 Å². The van der Waals surface area contributed by atoms with Crippen LogP contribution >= 0.6 is 11.6 Å². The lowest BCUT2D eigenvalue weighted by Crippen LogP contribution is -2.24. The molecule has 3 atom stereocenters. The number of allylic oxidation sites excluding steroid dienone is 3. The van der Waals surface area contributed by atoms with Gasteiger partial charge < -0.3 is 14.9 Å². The van der Waals surface area contributed by atoms with Gasteiger partial charge in [-0.2, -0.15) is 0 Å². The van der Waals surface area contributed by atoms with Crippen molar-refractivity contribution >= 4 is 11.6 Å². The van der Waals surface area contributed by atoms with Gasteiger partial charge in [-0.05, 0) is 19.3 Å². The molecule has 0 radical (unpaired) electrons. The second-order valence-electron chi connectivity index (χ2n) is 4.00. The maximum Gasteiger partial charge on any atom is 0.107 e. The SMILES string of the molecule is C=CC/C=C(\Cl)CCC1CC(O)C(CO)O1. The average molecular weight is 247 g/mol. The molecular weight excluding hydrogens is 228 g/mol. The lowest BCUT2D eigenvalue weighted by Gasteiger charge is -2.11. The molecule has 0 bridgehead atoms. The van der Waals surface area contributed by atoms with Crippen molar-refractivity contribution in [1.82, 2.24) is 0 Å². The fraction of sp³-hybridized carbons (Fsp3) is 0.667. The highest BCUT2D eigenvalue weighted by molar-refractivity contribution is 6.29. The van der Waals surface area contributed by atoms with Crippen LogP contribution in [0.1, 0.15) is 25.7 Å². The van der Waals surface area contributed by atoms with Gasteiger partial charge in [0.2, 0.25) is 0 Å². The predicted molar refractivity (Wildman–Crippen MR) is 64.4 cm³/mol. The van der Waals surface area contributed by atoms with E-state index in [1.165, 1.54) is 0 Å². The summed E-state index contributed by atoms with van der Waals surface area (Å²) in [4.78, 5) is 0. The van der Waals surface area contributed by atoms with Gasteiger partial charge in [-0.15, -0.1) is 6.58 Å². The molecule has 0 aromatic rings. The number of halogens is 1. The molecule has 0 aromatic carbocycles. The van der Waals surface area contributed by atoms with Crippen molar-refractivity contribution < 1.29 is 14.9 Å². The van der Waals surface area contributed by atoms with Gasteiger partial charge in [-0.25, -0.2) is 0 Å². The summed E-state index contributed by atoms with van der Waals surface area (Å²) in [5.41, 5.74) is 0. The third kappa shape index (κ3) is 4.26. The predicted octanol–water partition coefficient (Wildman–Crippen LogP) is 1.98. The Balaban J connectivity index is 2.26. The van der Waals surface area contributed by atoms with Crippen molar-refractivity contribution in [2.75, 3.05) is 6.61 Å². The molecule has 0 aliphatic carbocycles. The molecule has 16 heavy (non-hydrogen) atoms. The van der Waals surface area contributed by atoms with Gasteiger partial charge in [-0.3, -0.25) is 0 Å². The van der Waals surface area contributed by atoms with Crippen LogP contribution in [-0.2, 0) is 4.74 Å². The maximum absolute atomic E-state index is 9.52. The van der Waals surface area contributed by atoms with Crippen molar-refractivity contribution in [2.24, 2.45) is 0 Å². The average Bonchev–Trinajstić information content (AvgIpc) is 2.64. The monoisotopic (exact) mass is 246 g/mol. The Morgan fingerprint density at radius 1 is 1.56 bits per heavy atom. The summed E-state index contributed by atoms with van der Waals surface area (Å²) in [6.07, 6.45) is 5.60. The molecule has 0 amide bonds. The second kappa shape index (κ2) is 7.07. The van der Waals surface area contributed by atoms with Crippen LogP contribution < -0.4 is 0 Å². The minimum absolute atomic E-state index is 0.00182. The first-order valence-corrected chi connectivity index (χ1v) is 5.95. The van der Waals surface area contributed by atoms with Crippen LogP contribution in [0.15, 0.2) is 23.8 Å². The molecule has 1 aliphatic heterocycles. The van der Waals surface area contributed by atoms with E-state index in [-0.39, 0.29) is 12.7 Å². The van der Waals surface area contributed by atoms with Crippen molar-refractivity contribution in [3.63, 3.8) is 0 Å². The van der Waals surface area contributed by atoms with E-state index in [2.05, 4.69) is 6.58 Å². The molecule has 3 unspecified atom stereocenters. The van der Waals surface area contributed by atoms with Gasteiger partial charge in [0.15, 0.2) is 0 Å². The number of hydrogen-bond acceptors (Lipinski definition) is 3. The smallest absolute Gasteiger partial charge is 0.107 e. The molecule has 1 fully saturated rings. The molecule has 92 valence electrons. The Labute approximate surface area is 101 Å². The first-order chi connectivity index (χ1) is 7.67. The van der Waals surface area contributed by atoms with Gasteiger partial charge in [-0.1, -0.05) is 23.8 Å². The summed E-state index contributed by atoms with van der Waals surface area (Å²) in [5, 5.41) is 19.2. The summed E-state index contributed by atoms with van der Waals surface area (Å²) in [5.74, 6) is 0. The summed E-state index contributed by atoms with van der Waals surface area (Å²) in [6, 6.07) is 0. The van der Waals surface area contributed by atoms with E-state index in [1.807, 2.05) is 6.08 Å². The van der Waals surface area contributed by atoms with Gasteiger partial charge in [0.1, 0.15) is 6.10 Å². The summed E-state index contributed by atoms with van der Waals surface area (Å²) in [6.45, 7) is 3.49. The van der Waals surface area contributed by atoms with Crippen LogP contribution in [0.4, 0.5) is 0 Å². The first-order valence-electron chi connectivity index (χ1n) is 5.57. The minimum atomic E-state index is -0.550. The molecule has 4 heteroatoms. The number of ether oxygens (including phenoxy) is 1. The number of aliphatic hydroxyl groups is 2. The third-order valence-corrected chi connectivity index (χ3v) is 3.04. The van der Waals surface area contributed by atoms with E-state index < -0.39 is 12.2 Å². The van der Waals surface area contributed by atoms with Crippen molar-refractivity contribution in [1.29, 1.82) is 0 Å². The van der Waals surface area contributed by atoms with Crippen LogP contribution in [0.2, 0.25) is 0 Å². The fourth-order valence-corrected chi connectivity index (χ4v) is 1.98. The Hall–Kier alpha value is -0.350. The van der Waals surface area contributed by atoms with Crippen molar-refractivity contribution in [2.45, 2.75) is 44.0 Å². The minimum Gasteiger partial charge on any atom is -0.394 e. The van der Waals surface area contributed by atoms with E-state index in [0.717, 1.165) is 24.3 Å². The Kier molecular flexibility index (Phi) is 6.06. The Bertz CT molecular complexity index is 253. The third-order valence-electron chi connectivity index (χ3n) is 2.69. The normalized spacial score (nSPS) is 30.7. The number of rotatable bonds is 6. The molecule has 0 saturated carbocycles. The molecule has 3 nitrogen and oxygen atoms in total. The molecule has 0 aromatic heterocycles. The summed E-state index contributed by atoms with van der Waals surface area (Å²) < 4.78 is 5.47. The zero-order valence-corrected chi connectivity index (χ0v) is 10.1. The first kappa shape index (κ1) is 13.7. The van der Waals surface area contributed by atoms with Crippen LogP contribution in [0.5, 0.6) is 0 Å². The maximum atomic E-state index is 9.52. The molecule has 1 rings (SSSR count). The fourth-order valence-electron chi connectivity index (χ4n) is 1.78. The number of aliphatic hydroxyl groups excluding tert-OH is 2. The van der Waals surface area contributed by atoms with Crippen molar-refractivity contribution in [3.8, 4) is 0 Å². The largest absolute Gasteiger partial charge is 0.394 e. The molecule has 1 aliphatic rings. The molecule has 1 heterocycles. The van der Waals surface area contributed by atoms with E-state index in [0.29, 0.717) is 6.42 Å². The van der Waals surface area contributed by atoms with Crippen LogP contribution in [0.25, 0.3) is 0 Å². The number of hydrogen-bond donors (Lipinski definition) is 2. The highest BCUT2D eigenvalue weighted by Crippen LogP contribution is 2.25. The highest BCUT2D eigenvalue weighted by atomic mass is 35.5. The molecule has 2 N–H and O–H groups in total. The van der Waals surface area contributed by atoms with E-state index in [9.17, 15) is 5.11 Å². The van der Waals surface area contributed by atoms with Gasteiger partial charge in [0.25, 0.3) is 0 Å². The van der Waals surface area contributed by atoms with Gasteiger partial charge in [0.05, 0.1) is 18.8 Å². The van der Waals surface area contributed by atoms with Crippen LogP contribution in [0, 0.1) is 0 Å². The molecule has 1 saturated heterocycles. The zero-order valence-electron chi connectivity index (χ0n) is 9.31. The highest BCUT2D eigenvalue weighted by Gasteiger charge is 2.32. The second-order valence-corrected chi connectivity index (χ2v) is 4.48. The molecule has 0 spiro atoms. The van der Waals surface area contributed by atoms with Gasteiger partial charge >= 0.3 is 0 Å². The standard InChI is InChI=1S/C12H19ClO3/c1-2-3-4-9(13)5-6-10-7-11(15)12(8-14)16-10/h2,4,10-12,14-15H,1,3,5-8H2/b9-4-. The van der Waals surface area contributed by atoms with Crippen LogP contribution in [-0.4, -0.2) is 35.1 Å². The van der Waals surface area contributed by atoms with E-state index in [4.69, 9.17) is 21.4 Å². The lowest BCUT2D eigenvalue weighted by atomic mass is 10.1. The van der Waals surface area contributed by atoms with Crippen LogP contribution in [0.3, 0.4) is 0 Å². The summed E-state index contributed by atoms with van der Waals surface area (Å²) in [7, 11) is 0.